The van der Waals surface area contributed by atoms with Crippen molar-refractivity contribution in [1.82, 2.24) is 0 Å². The number of allylic oxidation sites excluding steroid dienone is 1. The quantitative estimate of drug-likeness (QED) is 0.399. The second-order valence-corrected chi connectivity index (χ2v) is 10.2. The van der Waals surface area contributed by atoms with E-state index in [0.717, 1.165) is 0 Å². The van der Waals surface area contributed by atoms with Gasteiger partial charge in [0.25, 0.3) is 0 Å². The first kappa shape index (κ1) is 14.5. The van der Waals surface area contributed by atoms with Gasteiger partial charge in [0.2, 0.25) is 0 Å². The van der Waals surface area contributed by atoms with Crippen LogP contribution >= 0.6 is 0 Å². The van der Waals surface area contributed by atoms with Gasteiger partial charge >= 0.3 is 0 Å². The van der Waals surface area contributed by atoms with Gasteiger partial charge in [0.15, 0.2) is 8.32 Å². The van der Waals surface area contributed by atoms with Gasteiger partial charge < -0.3 is 4.43 Å². The Balaban J connectivity index is 4.29. The molecule has 0 amide bonds. The van der Waals surface area contributed by atoms with Crippen molar-refractivity contribution in [3.63, 3.8) is 0 Å². The SMILES string of the molecule is C#CC/C=C\C(C)O[Si](C)(C)C(C)(C)C. The van der Waals surface area contributed by atoms with Crippen LogP contribution in [0.15, 0.2) is 12.2 Å². The van der Waals surface area contributed by atoms with Crippen LogP contribution in [-0.2, 0) is 4.43 Å². The van der Waals surface area contributed by atoms with E-state index in [9.17, 15) is 0 Å². The van der Waals surface area contributed by atoms with Gasteiger partial charge in [0.1, 0.15) is 0 Å². The standard InChI is InChI=1S/C13H24OSi/c1-8-9-10-11-12(2)14-15(6,7)13(3,4)5/h1,10-12H,9H2,2-7H3/b11-10-. The van der Waals surface area contributed by atoms with E-state index in [2.05, 4.69) is 52.8 Å². The van der Waals surface area contributed by atoms with E-state index in [1.165, 1.54) is 0 Å². The number of terminal acetylenes is 1. The molecule has 0 saturated carbocycles. The summed E-state index contributed by atoms with van der Waals surface area (Å²) in [5, 5.41) is 0.265. The summed E-state index contributed by atoms with van der Waals surface area (Å²) in [6.07, 6.45) is 10.1. The molecule has 0 bridgehead atoms. The van der Waals surface area contributed by atoms with Gasteiger partial charge in [0, 0.05) is 6.42 Å². The van der Waals surface area contributed by atoms with Crippen LogP contribution in [0.25, 0.3) is 0 Å². The van der Waals surface area contributed by atoms with Gasteiger partial charge in [-0.3, -0.25) is 0 Å². The number of hydrogen-bond acceptors (Lipinski definition) is 1. The minimum absolute atomic E-state index is 0.166. The van der Waals surface area contributed by atoms with Crippen molar-refractivity contribution in [1.29, 1.82) is 0 Å². The van der Waals surface area contributed by atoms with Crippen molar-refractivity contribution < 1.29 is 4.43 Å². The van der Waals surface area contributed by atoms with E-state index >= 15 is 0 Å². The molecule has 0 aromatic heterocycles. The topological polar surface area (TPSA) is 9.23 Å². The average molecular weight is 224 g/mol. The molecule has 0 saturated heterocycles. The van der Waals surface area contributed by atoms with Crippen molar-refractivity contribution in [2.45, 2.75) is 58.4 Å². The zero-order chi connectivity index (χ0) is 12.1. The summed E-state index contributed by atoms with van der Waals surface area (Å²) < 4.78 is 6.13. The smallest absolute Gasteiger partial charge is 0.192 e. The Labute approximate surface area is 96.0 Å². The molecule has 0 aromatic rings. The molecule has 0 heterocycles. The first-order chi connectivity index (χ1) is 6.70. The Morgan fingerprint density at radius 2 is 1.93 bits per heavy atom. The first-order valence-electron chi connectivity index (χ1n) is 5.48. The Morgan fingerprint density at radius 1 is 1.40 bits per heavy atom. The third-order valence-electron chi connectivity index (χ3n) is 2.93. The lowest BCUT2D eigenvalue weighted by Crippen LogP contribution is -2.42. The summed E-state index contributed by atoms with van der Waals surface area (Å²) in [7, 11) is -1.63. The van der Waals surface area contributed by atoms with Gasteiger partial charge in [-0.2, -0.15) is 0 Å². The summed E-state index contributed by atoms with van der Waals surface area (Å²) in [6.45, 7) is 13.3. The molecular formula is C13H24OSi. The summed E-state index contributed by atoms with van der Waals surface area (Å²) in [6, 6.07) is 0. The van der Waals surface area contributed by atoms with E-state index in [-0.39, 0.29) is 11.1 Å². The van der Waals surface area contributed by atoms with Gasteiger partial charge in [-0.15, -0.1) is 12.3 Å². The predicted molar refractivity (Wildman–Crippen MR) is 70.3 cm³/mol. The van der Waals surface area contributed by atoms with Crippen molar-refractivity contribution >= 4 is 8.32 Å². The van der Waals surface area contributed by atoms with E-state index < -0.39 is 8.32 Å². The molecule has 0 fully saturated rings. The lowest BCUT2D eigenvalue weighted by atomic mass is 10.2. The van der Waals surface area contributed by atoms with Gasteiger partial charge in [0.05, 0.1) is 6.10 Å². The molecule has 0 spiro atoms. The summed E-state index contributed by atoms with van der Waals surface area (Å²) in [5.74, 6) is 2.59. The van der Waals surface area contributed by atoms with E-state index in [1.54, 1.807) is 0 Å². The van der Waals surface area contributed by atoms with Gasteiger partial charge in [-0.05, 0) is 25.1 Å². The van der Waals surface area contributed by atoms with Crippen LogP contribution in [0.2, 0.25) is 18.1 Å². The largest absolute Gasteiger partial charge is 0.411 e. The fraction of sp³-hybridized carbons (Fsp3) is 0.692. The van der Waals surface area contributed by atoms with Gasteiger partial charge in [-0.25, -0.2) is 0 Å². The van der Waals surface area contributed by atoms with Crippen LogP contribution in [0.4, 0.5) is 0 Å². The number of hydrogen-bond donors (Lipinski definition) is 0. The third-order valence-corrected chi connectivity index (χ3v) is 7.50. The molecule has 0 aliphatic heterocycles. The monoisotopic (exact) mass is 224 g/mol. The molecule has 1 nitrogen and oxygen atoms in total. The molecule has 1 unspecified atom stereocenters. The van der Waals surface area contributed by atoms with E-state index in [4.69, 9.17) is 10.8 Å². The number of rotatable bonds is 4. The average Bonchev–Trinajstić information content (AvgIpc) is 2.01. The van der Waals surface area contributed by atoms with Crippen LogP contribution in [0.1, 0.15) is 34.1 Å². The molecule has 0 rings (SSSR count). The van der Waals surface area contributed by atoms with E-state index in [1.807, 2.05) is 6.08 Å². The molecule has 0 aliphatic rings. The van der Waals surface area contributed by atoms with Crippen LogP contribution in [0, 0.1) is 12.3 Å². The van der Waals surface area contributed by atoms with Crippen LogP contribution < -0.4 is 0 Å². The molecule has 0 radical (unpaired) electrons. The molecule has 86 valence electrons. The Kier molecular flexibility index (Phi) is 5.34. The molecule has 0 N–H and O–H groups in total. The van der Waals surface area contributed by atoms with Crippen molar-refractivity contribution in [3.8, 4) is 12.3 Å². The summed E-state index contributed by atoms with van der Waals surface area (Å²) >= 11 is 0. The highest BCUT2D eigenvalue weighted by Gasteiger charge is 2.37. The van der Waals surface area contributed by atoms with Crippen LogP contribution in [0.3, 0.4) is 0 Å². The maximum absolute atomic E-state index is 6.13. The lowest BCUT2D eigenvalue weighted by molar-refractivity contribution is 0.243. The molecule has 0 aromatic carbocycles. The highest BCUT2D eigenvalue weighted by atomic mass is 28.4. The zero-order valence-electron chi connectivity index (χ0n) is 10.9. The van der Waals surface area contributed by atoms with E-state index in [0.29, 0.717) is 6.42 Å². The third kappa shape index (κ3) is 5.20. The molecular weight excluding hydrogens is 200 g/mol. The molecule has 1 atom stereocenters. The maximum atomic E-state index is 6.13. The fourth-order valence-electron chi connectivity index (χ4n) is 1.01. The normalized spacial score (nSPS) is 15.3. The summed E-state index contributed by atoms with van der Waals surface area (Å²) in [4.78, 5) is 0. The second kappa shape index (κ2) is 5.53. The lowest BCUT2D eigenvalue weighted by Gasteiger charge is -2.37. The Hall–Kier alpha value is -0.523. The zero-order valence-corrected chi connectivity index (χ0v) is 11.9. The molecule has 15 heavy (non-hydrogen) atoms. The minimum Gasteiger partial charge on any atom is -0.411 e. The fourth-order valence-corrected chi connectivity index (χ4v) is 2.37. The van der Waals surface area contributed by atoms with Crippen LogP contribution in [0.5, 0.6) is 0 Å². The highest BCUT2D eigenvalue weighted by Crippen LogP contribution is 2.37. The van der Waals surface area contributed by atoms with Crippen molar-refractivity contribution in [3.05, 3.63) is 12.2 Å². The molecule has 2 heteroatoms. The maximum Gasteiger partial charge on any atom is 0.192 e. The highest BCUT2D eigenvalue weighted by molar-refractivity contribution is 6.74. The second-order valence-electron chi connectivity index (χ2n) is 5.42. The predicted octanol–water partition coefficient (Wildman–Crippen LogP) is 3.98. The Morgan fingerprint density at radius 3 is 2.33 bits per heavy atom. The first-order valence-corrected chi connectivity index (χ1v) is 8.39. The Bertz CT molecular complexity index is 253. The molecule has 0 aliphatic carbocycles. The van der Waals surface area contributed by atoms with Crippen molar-refractivity contribution in [2.75, 3.05) is 0 Å². The minimum atomic E-state index is -1.63. The summed E-state index contributed by atoms with van der Waals surface area (Å²) in [5.41, 5.74) is 0. The van der Waals surface area contributed by atoms with Crippen molar-refractivity contribution in [2.24, 2.45) is 0 Å². The van der Waals surface area contributed by atoms with Crippen LogP contribution in [-0.4, -0.2) is 14.4 Å². The van der Waals surface area contributed by atoms with Gasteiger partial charge in [-0.1, -0.05) is 32.9 Å².